The molecule has 1 atom stereocenters. The molecule has 148 valence electrons. The van der Waals surface area contributed by atoms with Crippen molar-refractivity contribution in [1.82, 2.24) is 19.7 Å². The van der Waals surface area contributed by atoms with Crippen LogP contribution >= 0.6 is 0 Å². The number of aryl methyl sites for hydroxylation is 1. The van der Waals surface area contributed by atoms with E-state index in [0.29, 0.717) is 30.6 Å². The molecule has 28 heavy (non-hydrogen) atoms. The minimum absolute atomic E-state index is 0.0154. The molecule has 0 bridgehead atoms. The number of ketones is 1. The predicted octanol–water partition coefficient (Wildman–Crippen LogP) is 2.63. The molecule has 4 rings (SSSR count). The normalized spacial score (nSPS) is 21.5. The maximum Gasteiger partial charge on any atom is 0.261 e. The number of pyridine rings is 1. The minimum atomic E-state index is -0.413. The minimum Gasteiger partial charge on any atom is -0.330 e. The van der Waals surface area contributed by atoms with E-state index >= 15 is 0 Å². The molecule has 0 saturated carbocycles. The van der Waals surface area contributed by atoms with Crippen molar-refractivity contribution in [3.63, 3.8) is 0 Å². The molecular formula is C21H26N4O3. The van der Waals surface area contributed by atoms with Crippen LogP contribution in [0.5, 0.6) is 0 Å². The largest absolute Gasteiger partial charge is 0.330 e. The van der Waals surface area contributed by atoms with Crippen LogP contribution < -0.4 is 5.56 Å². The first-order valence-electron chi connectivity index (χ1n) is 9.85. The second kappa shape index (κ2) is 6.72. The number of carbonyl (C=O) groups is 2. The van der Waals surface area contributed by atoms with Gasteiger partial charge in [-0.3, -0.25) is 19.1 Å². The number of hydrogen-bond acceptors (Lipinski definition) is 4. The molecule has 0 unspecified atom stereocenters. The van der Waals surface area contributed by atoms with Gasteiger partial charge in [0.05, 0.1) is 11.7 Å². The van der Waals surface area contributed by atoms with Crippen molar-refractivity contribution in [3.05, 3.63) is 51.2 Å². The van der Waals surface area contributed by atoms with Crippen molar-refractivity contribution in [2.24, 2.45) is 12.5 Å². The highest BCUT2D eigenvalue weighted by Crippen LogP contribution is 2.34. The molecule has 1 amide bonds. The lowest BCUT2D eigenvalue weighted by Crippen LogP contribution is -2.42. The highest BCUT2D eigenvalue weighted by molar-refractivity contribution is 6.02. The summed E-state index contributed by atoms with van der Waals surface area (Å²) in [6, 6.07) is 3.32. The van der Waals surface area contributed by atoms with Crippen LogP contribution in [0.25, 0.3) is 0 Å². The van der Waals surface area contributed by atoms with Gasteiger partial charge in [-0.2, -0.15) is 5.10 Å². The Morgan fingerprint density at radius 2 is 2.04 bits per heavy atom. The third-order valence-electron chi connectivity index (χ3n) is 5.91. The number of carbonyl (C=O) groups excluding carboxylic acids is 2. The van der Waals surface area contributed by atoms with Crippen LogP contribution in [-0.2, 0) is 13.5 Å². The number of H-pyrrole nitrogens is 1. The molecule has 1 aliphatic carbocycles. The smallest absolute Gasteiger partial charge is 0.261 e. The summed E-state index contributed by atoms with van der Waals surface area (Å²) >= 11 is 0. The number of nitrogens with zero attached hydrogens (tertiary/aromatic N) is 3. The maximum atomic E-state index is 13.3. The van der Waals surface area contributed by atoms with Gasteiger partial charge in [0.1, 0.15) is 5.56 Å². The van der Waals surface area contributed by atoms with Crippen LogP contribution in [0.1, 0.15) is 77.7 Å². The molecule has 1 saturated heterocycles. The summed E-state index contributed by atoms with van der Waals surface area (Å²) in [6.07, 6.45) is 5.52. The van der Waals surface area contributed by atoms with E-state index < -0.39 is 5.56 Å². The van der Waals surface area contributed by atoms with E-state index in [2.05, 4.69) is 10.1 Å². The van der Waals surface area contributed by atoms with Crippen LogP contribution in [0.15, 0.2) is 23.1 Å². The first-order valence-corrected chi connectivity index (χ1v) is 9.85. The molecule has 1 aliphatic heterocycles. The van der Waals surface area contributed by atoms with Gasteiger partial charge in [0.15, 0.2) is 5.78 Å². The molecule has 2 aromatic heterocycles. The fourth-order valence-electron chi connectivity index (χ4n) is 4.53. The summed E-state index contributed by atoms with van der Waals surface area (Å²) in [4.78, 5) is 43.2. The Balaban J connectivity index is 1.72. The van der Waals surface area contributed by atoms with Gasteiger partial charge in [0.25, 0.3) is 11.5 Å². The first kappa shape index (κ1) is 18.7. The maximum absolute atomic E-state index is 13.3. The molecule has 1 fully saturated rings. The summed E-state index contributed by atoms with van der Waals surface area (Å²) in [5.74, 6) is -0.328. The average molecular weight is 382 g/mol. The number of amides is 1. The molecule has 0 radical (unpaired) electrons. The van der Waals surface area contributed by atoms with E-state index in [9.17, 15) is 14.4 Å². The lowest BCUT2D eigenvalue weighted by Gasteiger charge is -2.36. The molecular weight excluding hydrogens is 356 g/mol. The van der Waals surface area contributed by atoms with E-state index in [1.165, 1.54) is 6.07 Å². The van der Waals surface area contributed by atoms with Gasteiger partial charge >= 0.3 is 0 Å². The third-order valence-corrected chi connectivity index (χ3v) is 5.91. The van der Waals surface area contributed by atoms with Gasteiger partial charge in [0.2, 0.25) is 0 Å². The number of aromatic nitrogens is 3. The second-order valence-corrected chi connectivity index (χ2v) is 8.74. The molecule has 0 aromatic carbocycles. The van der Waals surface area contributed by atoms with E-state index in [4.69, 9.17) is 0 Å². The van der Waals surface area contributed by atoms with Crippen molar-refractivity contribution in [2.75, 3.05) is 6.54 Å². The Morgan fingerprint density at radius 1 is 1.25 bits per heavy atom. The molecule has 7 nitrogen and oxygen atoms in total. The monoisotopic (exact) mass is 382 g/mol. The summed E-state index contributed by atoms with van der Waals surface area (Å²) in [5, 5.41) is 4.22. The molecule has 1 N–H and O–H groups in total. The summed E-state index contributed by atoms with van der Waals surface area (Å²) < 4.78 is 1.78. The summed E-state index contributed by atoms with van der Waals surface area (Å²) in [7, 11) is 1.86. The number of aromatic amines is 1. The van der Waals surface area contributed by atoms with Gasteiger partial charge in [-0.15, -0.1) is 0 Å². The number of hydrogen-bond donors (Lipinski definition) is 1. The lowest BCUT2D eigenvalue weighted by atomic mass is 9.75. The number of rotatable bonds is 2. The Labute approximate surface area is 163 Å². The van der Waals surface area contributed by atoms with Gasteiger partial charge in [-0.05, 0) is 43.2 Å². The lowest BCUT2D eigenvalue weighted by molar-refractivity contribution is 0.0599. The van der Waals surface area contributed by atoms with Crippen molar-refractivity contribution < 1.29 is 9.59 Å². The number of piperidine rings is 1. The number of Topliss-reactive ketones (excluding diaryl/α,β-unsaturated/α-hetero) is 1. The summed E-state index contributed by atoms with van der Waals surface area (Å²) in [6.45, 7) is 4.61. The van der Waals surface area contributed by atoms with E-state index in [1.807, 2.05) is 27.0 Å². The Hall–Kier alpha value is -2.70. The third kappa shape index (κ3) is 3.19. The zero-order valence-electron chi connectivity index (χ0n) is 16.6. The number of likely N-dealkylation sites (tertiary alicyclic amines) is 1. The topological polar surface area (TPSA) is 88.1 Å². The van der Waals surface area contributed by atoms with Crippen LogP contribution in [0, 0.1) is 5.41 Å². The van der Waals surface area contributed by atoms with Crippen molar-refractivity contribution in [2.45, 2.75) is 52.0 Å². The van der Waals surface area contributed by atoms with Crippen LogP contribution in [0.4, 0.5) is 0 Å². The molecule has 2 aliphatic rings. The average Bonchev–Trinajstić information content (AvgIpc) is 3.05. The van der Waals surface area contributed by atoms with Crippen LogP contribution in [0.3, 0.4) is 0 Å². The van der Waals surface area contributed by atoms with Crippen molar-refractivity contribution >= 4 is 11.7 Å². The SMILES string of the molecule is Cn1nccc1[C@@H]1CCCCN1C(=O)c1cc2c([nH]c1=O)CC(C)(C)CC2=O. The molecule has 7 heteroatoms. The van der Waals surface area contributed by atoms with E-state index in [1.54, 1.807) is 15.8 Å². The quantitative estimate of drug-likeness (QED) is 0.865. The first-order chi connectivity index (χ1) is 13.3. The van der Waals surface area contributed by atoms with Crippen LogP contribution in [-0.4, -0.2) is 37.9 Å². The standard InChI is InChI=1S/C21H26N4O3/c1-21(2)11-15-13(18(26)12-21)10-14(19(27)23-15)20(28)25-9-5-4-6-17(25)16-7-8-22-24(16)3/h7-8,10,17H,4-6,9,11-12H2,1-3H3,(H,23,27)/t17-/m0/s1. The van der Waals surface area contributed by atoms with Crippen LogP contribution in [0.2, 0.25) is 0 Å². The van der Waals surface area contributed by atoms with Gasteiger partial charge in [-0.25, -0.2) is 0 Å². The second-order valence-electron chi connectivity index (χ2n) is 8.74. The fourth-order valence-corrected chi connectivity index (χ4v) is 4.53. The van der Waals surface area contributed by atoms with Crippen molar-refractivity contribution in [3.8, 4) is 0 Å². The molecule has 3 heterocycles. The van der Waals surface area contributed by atoms with E-state index in [0.717, 1.165) is 25.0 Å². The zero-order chi connectivity index (χ0) is 20.1. The Bertz CT molecular complexity index is 1000. The fraction of sp³-hybridized carbons (Fsp3) is 0.524. The Kier molecular flexibility index (Phi) is 4.48. The molecule has 2 aromatic rings. The predicted molar refractivity (Wildman–Crippen MR) is 104 cm³/mol. The van der Waals surface area contributed by atoms with E-state index in [-0.39, 0.29) is 28.7 Å². The Morgan fingerprint density at radius 3 is 2.75 bits per heavy atom. The molecule has 0 spiro atoms. The number of fused-ring (bicyclic) bond motifs is 1. The van der Waals surface area contributed by atoms with Crippen molar-refractivity contribution in [1.29, 1.82) is 0 Å². The van der Waals surface area contributed by atoms with Gasteiger partial charge in [0, 0.05) is 37.5 Å². The zero-order valence-corrected chi connectivity index (χ0v) is 16.6. The highest BCUT2D eigenvalue weighted by atomic mass is 16.2. The van der Waals surface area contributed by atoms with Gasteiger partial charge < -0.3 is 9.88 Å². The summed E-state index contributed by atoms with van der Waals surface area (Å²) in [5.41, 5.74) is 1.54. The highest BCUT2D eigenvalue weighted by Gasteiger charge is 2.35. The van der Waals surface area contributed by atoms with Gasteiger partial charge in [-0.1, -0.05) is 13.8 Å². The number of nitrogens with one attached hydrogen (secondary N) is 1.